The van der Waals surface area contributed by atoms with Gasteiger partial charge >= 0.3 is 0 Å². The third kappa shape index (κ3) is 3.04. The van der Waals surface area contributed by atoms with Gasteiger partial charge in [0, 0.05) is 44.3 Å². The Balaban J connectivity index is 1.49. The van der Waals surface area contributed by atoms with Gasteiger partial charge in [0.15, 0.2) is 0 Å². The van der Waals surface area contributed by atoms with Crippen LogP contribution in [0.25, 0.3) is 0 Å². The molecule has 4 heterocycles. The van der Waals surface area contributed by atoms with Gasteiger partial charge < -0.3 is 9.64 Å². The van der Waals surface area contributed by atoms with Crippen LogP contribution >= 0.6 is 0 Å². The number of anilines is 1. The van der Waals surface area contributed by atoms with Crippen LogP contribution < -0.4 is 4.90 Å². The highest BCUT2D eigenvalue weighted by Gasteiger charge is 2.40. The third-order valence-electron chi connectivity index (χ3n) is 4.55. The molecule has 0 aromatic carbocycles. The lowest BCUT2D eigenvalue weighted by molar-refractivity contribution is 0.0303. The van der Waals surface area contributed by atoms with Crippen LogP contribution in [-0.2, 0) is 11.3 Å². The van der Waals surface area contributed by atoms with Gasteiger partial charge in [0.2, 0.25) is 0 Å². The van der Waals surface area contributed by atoms with Crippen LogP contribution in [0.1, 0.15) is 11.4 Å². The molecule has 0 N–H and O–H groups in total. The Hall–Kier alpha value is -2.05. The second-order valence-electron chi connectivity index (χ2n) is 6.20. The Morgan fingerprint density at radius 2 is 2.22 bits per heavy atom. The number of rotatable bonds is 3. The molecule has 0 bridgehead atoms. The van der Waals surface area contributed by atoms with Crippen molar-refractivity contribution in [3.63, 3.8) is 0 Å². The summed E-state index contributed by atoms with van der Waals surface area (Å²) in [5.74, 6) is 0.946. The smallest absolute Gasteiger partial charge is 0.147 e. The van der Waals surface area contributed by atoms with Crippen molar-refractivity contribution in [3.05, 3.63) is 48.2 Å². The molecule has 0 saturated carbocycles. The minimum Gasteiger partial charge on any atom is -0.373 e. The maximum Gasteiger partial charge on any atom is 0.147 e. The number of hydrogen-bond acceptors (Lipinski definition) is 6. The maximum atomic E-state index is 5.99. The minimum atomic E-state index is 0.232. The first-order valence-electron chi connectivity index (χ1n) is 8.09. The largest absolute Gasteiger partial charge is 0.373 e. The van der Waals surface area contributed by atoms with Crippen molar-refractivity contribution >= 4 is 5.82 Å². The van der Waals surface area contributed by atoms with Gasteiger partial charge in [0.1, 0.15) is 5.82 Å². The first-order chi connectivity index (χ1) is 11.3. The molecule has 2 saturated heterocycles. The van der Waals surface area contributed by atoms with E-state index in [1.807, 2.05) is 19.2 Å². The summed E-state index contributed by atoms with van der Waals surface area (Å²) < 4.78 is 5.99. The van der Waals surface area contributed by atoms with Crippen molar-refractivity contribution in [3.8, 4) is 0 Å². The molecule has 2 aromatic heterocycles. The lowest BCUT2D eigenvalue weighted by Crippen LogP contribution is -2.51. The van der Waals surface area contributed by atoms with Crippen LogP contribution in [0.5, 0.6) is 0 Å². The van der Waals surface area contributed by atoms with E-state index < -0.39 is 0 Å². The van der Waals surface area contributed by atoms with Crippen molar-refractivity contribution in [2.75, 3.05) is 31.1 Å². The number of aryl methyl sites for hydroxylation is 1. The number of morpholine rings is 1. The molecule has 2 fully saturated rings. The van der Waals surface area contributed by atoms with Gasteiger partial charge in [-0.3, -0.25) is 14.9 Å². The molecule has 2 aliphatic heterocycles. The zero-order valence-electron chi connectivity index (χ0n) is 13.3. The van der Waals surface area contributed by atoms with E-state index in [1.165, 1.54) is 0 Å². The summed E-state index contributed by atoms with van der Waals surface area (Å²) in [4.78, 5) is 18.0. The molecule has 0 spiro atoms. The van der Waals surface area contributed by atoms with E-state index in [2.05, 4.69) is 36.9 Å². The first-order valence-corrected chi connectivity index (χ1v) is 8.09. The molecule has 23 heavy (non-hydrogen) atoms. The summed E-state index contributed by atoms with van der Waals surface area (Å²) in [5.41, 5.74) is 2.19. The SMILES string of the molecule is Cc1cccc(CN2C[C@@H]3OCCN(c4cnccn4)[C@@H]3C2)n1. The number of pyridine rings is 1. The number of likely N-dealkylation sites (tertiary alicyclic amines) is 1. The monoisotopic (exact) mass is 311 g/mol. The van der Waals surface area contributed by atoms with Crippen LogP contribution in [0.15, 0.2) is 36.8 Å². The van der Waals surface area contributed by atoms with E-state index in [0.29, 0.717) is 6.04 Å². The highest BCUT2D eigenvalue weighted by atomic mass is 16.5. The van der Waals surface area contributed by atoms with E-state index in [4.69, 9.17) is 4.74 Å². The lowest BCUT2D eigenvalue weighted by Gasteiger charge is -2.37. The van der Waals surface area contributed by atoms with E-state index in [0.717, 1.165) is 50.0 Å². The number of hydrogen-bond donors (Lipinski definition) is 0. The summed E-state index contributed by atoms with van der Waals surface area (Å²) in [6.45, 7) is 6.43. The van der Waals surface area contributed by atoms with Crippen molar-refractivity contribution in [1.29, 1.82) is 0 Å². The van der Waals surface area contributed by atoms with Crippen LogP contribution in [0.2, 0.25) is 0 Å². The quantitative estimate of drug-likeness (QED) is 0.851. The highest BCUT2D eigenvalue weighted by Crippen LogP contribution is 2.27. The fourth-order valence-electron chi connectivity index (χ4n) is 3.53. The van der Waals surface area contributed by atoms with Crippen molar-refractivity contribution in [2.24, 2.45) is 0 Å². The highest BCUT2D eigenvalue weighted by molar-refractivity contribution is 5.39. The fourth-order valence-corrected chi connectivity index (χ4v) is 3.53. The first kappa shape index (κ1) is 14.5. The second-order valence-corrected chi connectivity index (χ2v) is 6.20. The molecule has 0 unspecified atom stereocenters. The Bertz CT molecular complexity index is 665. The average Bonchev–Trinajstić information content (AvgIpc) is 2.98. The second kappa shape index (κ2) is 6.22. The van der Waals surface area contributed by atoms with E-state index in [-0.39, 0.29) is 6.10 Å². The third-order valence-corrected chi connectivity index (χ3v) is 4.55. The van der Waals surface area contributed by atoms with Gasteiger partial charge in [-0.05, 0) is 19.1 Å². The maximum absolute atomic E-state index is 5.99. The molecule has 4 rings (SSSR count). The molecule has 6 heteroatoms. The van der Waals surface area contributed by atoms with Crippen LogP contribution in [0.4, 0.5) is 5.82 Å². The van der Waals surface area contributed by atoms with Gasteiger partial charge in [-0.25, -0.2) is 4.98 Å². The van der Waals surface area contributed by atoms with Crippen LogP contribution in [-0.4, -0.2) is 58.2 Å². The molecular weight excluding hydrogens is 290 g/mol. The zero-order chi connectivity index (χ0) is 15.6. The number of fused-ring (bicyclic) bond motifs is 1. The number of aromatic nitrogens is 3. The molecule has 0 amide bonds. The summed E-state index contributed by atoms with van der Waals surface area (Å²) in [6.07, 6.45) is 5.54. The van der Waals surface area contributed by atoms with E-state index in [9.17, 15) is 0 Å². The molecule has 2 aliphatic rings. The van der Waals surface area contributed by atoms with E-state index >= 15 is 0 Å². The number of ether oxygens (including phenoxy) is 1. The number of nitrogens with zero attached hydrogens (tertiary/aromatic N) is 5. The molecule has 120 valence electrons. The Kier molecular flexibility index (Phi) is 3.93. The molecule has 0 aliphatic carbocycles. The standard InChI is InChI=1S/C17H21N5O/c1-13-3-2-4-14(20-13)10-21-11-15-16(12-21)23-8-7-22(15)17-9-18-5-6-19-17/h2-6,9,15-16H,7-8,10-12H2,1H3/t15-,16+/m1/s1. The van der Waals surface area contributed by atoms with Gasteiger partial charge in [0.25, 0.3) is 0 Å². The van der Waals surface area contributed by atoms with Gasteiger partial charge in [-0.2, -0.15) is 0 Å². The van der Waals surface area contributed by atoms with E-state index in [1.54, 1.807) is 12.4 Å². The Morgan fingerprint density at radius 3 is 3.04 bits per heavy atom. The van der Waals surface area contributed by atoms with Crippen molar-refractivity contribution in [2.45, 2.75) is 25.6 Å². The molecular formula is C17H21N5O. The average molecular weight is 311 g/mol. The molecule has 2 aromatic rings. The van der Waals surface area contributed by atoms with Crippen LogP contribution in [0.3, 0.4) is 0 Å². The minimum absolute atomic E-state index is 0.232. The molecule has 6 nitrogen and oxygen atoms in total. The summed E-state index contributed by atoms with van der Waals surface area (Å²) in [6, 6.07) is 6.54. The normalized spacial score (nSPS) is 24.7. The van der Waals surface area contributed by atoms with Crippen LogP contribution in [0, 0.1) is 6.92 Å². The summed E-state index contributed by atoms with van der Waals surface area (Å²) in [5, 5.41) is 0. The zero-order valence-corrected chi connectivity index (χ0v) is 13.3. The predicted octanol–water partition coefficient (Wildman–Crippen LogP) is 1.27. The van der Waals surface area contributed by atoms with Crippen molar-refractivity contribution < 1.29 is 4.74 Å². The fraction of sp³-hybridized carbons (Fsp3) is 0.471. The Labute approximate surface area is 136 Å². The van der Waals surface area contributed by atoms with Gasteiger partial charge in [-0.1, -0.05) is 6.07 Å². The lowest BCUT2D eigenvalue weighted by atomic mass is 10.1. The summed E-state index contributed by atoms with van der Waals surface area (Å²) in [7, 11) is 0. The Morgan fingerprint density at radius 1 is 1.26 bits per heavy atom. The molecule has 0 radical (unpaired) electrons. The van der Waals surface area contributed by atoms with Gasteiger partial charge in [0.05, 0.1) is 30.6 Å². The molecule has 2 atom stereocenters. The summed E-state index contributed by atoms with van der Waals surface area (Å²) >= 11 is 0. The van der Waals surface area contributed by atoms with Crippen molar-refractivity contribution in [1.82, 2.24) is 19.9 Å². The van der Waals surface area contributed by atoms with Gasteiger partial charge in [-0.15, -0.1) is 0 Å². The topological polar surface area (TPSA) is 54.4 Å². The predicted molar refractivity (Wildman–Crippen MR) is 87.2 cm³/mol.